The Kier molecular flexibility index (Phi) is 6.64. The number of carbonyl (C=O) groups excluding carboxylic acids is 2. The van der Waals surface area contributed by atoms with Crippen molar-refractivity contribution in [2.75, 3.05) is 11.9 Å². The van der Waals surface area contributed by atoms with E-state index in [0.717, 1.165) is 0 Å². The highest BCUT2D eigenvalue weighted by Crippen LogP contribution is 2.19. The molecule has 0 radical (unpaired) electrons. The van der Waals surface area contributed by atoms with E-state index in [1.807, 2.05) is 0 Å². The van der Waals surface area contributed by atoms with Crippen LogP contribution in [0.4, 0.5) is 11.4 Å². The van der Waals surface area contributed by atoms with Gasteiger partial charge in [0.1, 0.15) is 6.34 Å². The van der Waals surface area contributed by atoms with E-state index < -0.39 is 5.97 Å². The number of nitrogens with two attached hydrogens (primary N) is 1. The second-order valence-corrected chi connectivity index (χ2v) is 5.21. The van der Waals surface area contributed by atoms with E-state index in [-0.39, 0.29) is 18.1 Å². The molecule has 0 unspecified atom stereocenters. The van der Waals surface area contributed by atoms with Crippen molar-refractivity contribution in [3.8, 4) is 0 Å². The molecule has 134 valence electrons. The summed E-state index contributed by atoms with van der Waals surface area (Å²) in [5.74, 6) is 4.39. The third kappa shape index (κ3) is 5.02. The van der Waals surface area contributed by atoms with Crippen molar-refractivity contribution in [1.82, 2.24) is 5.43 Å². The first-order chi connectivity index (χ1) is 12.5. The molecule has 0 spiro atoms. The molecule has 2 rings (SSSR count). The van der Waals surface area contributed by atoms with Crippen molar-refractivity contribution in [2.45, 2.75) is 6.92 Å². The van der Waals surface area contributed by atoms with Gasteiger partial charge < -0.3 is 15.5 Å². The van der Waals surface area contributed by atoms with Gasteiger partial charge in [-0.3, -0.25) is 4.79 Å². The van der Waals surface area contributed by atoms with Crippen LogP contribution >= 0.6 is 0 Å². The molecule has 0 aliphatic rings. The van der Waals surface area contributed by atoms with Gasteiger partial charge in [-0.2, -0.15) is 0 Å². The first-order valence-corrected chi connectivity index (χ1v) is 7.91. The molecule has 2 aromatic rings. The van der Waals surface area contributed by atoms with Gasteiger partial charge in [0.05, 0.1) is 17.9 Å². The number of rotatable bonds is 7. The Morgan fingerprint density at radius 3 is 2.58 bits per heavy atom. The normalized spacial score (nSPS) is 10.4. The molecule has 0 saturated heterocycles. The number of ether oxygens (including phenoxy) is 1. The molecule has 0 fully saturated rings. The highest BCUT2D eigenvalue weighted by Gasteiger charge is 2.11. The van der Waals surface area contributed by atoms with E-state index in [0.29, 0.717) is 22.5 Å². The van der Waals surface area contributed by atoms with Crippen LogP contribution in [0.5, 0.6) is 0 Å². The molecule has 0 aliphatic carbocycles. The number of nitrogens with zero attached hydrogens (tertiary/aromatic N) is 1. The highest BCUT2D eigenvalue weighted by molar-refractivity contribution is 6.15. The van der Waals surface area contributed by atoms with Crippen LogP contribution in [0.15, 0.2) is 60.1 Å². The van der Waals surface area contributed by atoms with Gasteiger partial charge in [-0.05, 0) is 42.8 Å². The quantitative estimate of drug-likeness (QED) is 0.177. The summed E-state index contributed by atoms with van der Waals surface area (Å²) in [7, 11) is 0. The summed E-state index contributed by atoms with van der Waals surface area (Å²) >= 11 is 0. The fourth-order valence-electron chi connectivity index (χ4n) is 2.13. The van der Waals surface area contributed by atoms with Crippen LogP contribution in [0.25, 0.3) is 5.57 Å². The van der Waals surface area contributed by atoms with Crippen molar-refractivity contribution in [2.24, 2.45) is 10.8 Å². The highest BCUT2D eigenvalue weighted by atomic mass is 16.5. The van der Waals surface area contributed by atoms with Crippen LogP contribution in [-0.4, -0.2) is 24.8 Å². The monoisotopic (exact) mass is 352 g/mol. The molecule has 4 N–H and O–H groups in total. The van der Waals surface area contributed by atoms with Crippen LogP contribution in [0.3, 0.4) is 0 Å². The minimum atomic E-state index is -0.464. The molecule has 0 atom stereocenters. The van der Waals surface area contributed by atoms with Crippen molar-refractivity contribution < 1.29 is 14.3 Å². The molecule has 1 amide bonds. The molecule has 0 heterocycles. The van der Waals surface area contributed by atoms with E-state index in [9.17, 15) is 9.59 Å². The fraction of sp³-hybridized carbons (Fsp3) is 0.105. The maximum absolute atomic E-state index is 12.4. The second-order valence-electron chi connectivity index (χ2n) is 5.21. The van der Waals surface area contributed by atoms with Crippen LogP contribution in [0.1, 0.15) is 22.8 Å². The summed E-state index contributed by atoms with van der Waals surface area (Å²) < 4.78 is 4.92. The summed E-state index contributed by atoms with van der Waals surface area (Å²) in [5.41, 5.74) is 4.84. The number of hydrazine groups is 1. The van der Waals surface area contributed by atoms with Gasteiger partial charge in [0.25, 0.3) is 5.91 Å². The van der Waals surface area contributed by atoms with Gasteiger partial charge in [0.2, 0.25) is 0 Å². The average molecular weight is 352 g/mol. The van der Waals surface area contributed by atoms with Gasteiger partial charge in [-0.25, -0.2) is 15.6 Å². The van der Waals surface area contributed by atoms with Gasteiger partial charge in [-0.1, -0.05) is 24.8 Å². The molecule has 0 bridgehead atoms. The zero-order valence-corrected chi connectivity index (χ0v) is 14.4. The number of carbonyl (C=O) groups is 2. The van der Waals surface area contributed by atoms with E-state index >= 15 is 0 Å². The van der Waals surface area contributed by atoms with E-state index in [1.165, 1.54) is 6.34 Å². The first kappa shape index (κ1) is 18.9. The minimum Gasteiger partial charge on any atom is -0.462 e. The Labute approximate surface area is 151 Å². The van der Waals surface area contributed by atoms with Crippen LogP contribution < -0.4 is 16.6 Å². The van der Waals surface area contributed by atoms with Gasteiger partial charge in [-0.15, -0.1) is 0 Å². The summed E-state index contributed by atoms with van der Waals surface area (Å²) in [6, 6.07) is 13.6. The maximum Gasteiger partial charge on any atom is 0.338 e. The average Bonchev–Trinajstić information content (AvgIpc) is 2.66. The topological polar surface area (TPSA) is 106 Å². The molecule has 2 aromatic carbocycles. The van der Waals surface area contributed by atoms with Crippen molar-refractivity contribution in [3.63, 3.8) is 0 Å². The number of aliphatic imine (C=N–C) groups is 1. The standard InChI is InChI=1S/C19H20N4O3/c1-3-26-19(25)13(2)14-7-9-16(10-8-14)23-18(24)15-5-4-6-17(11-15)21-12-22-20/h4-12H,2-3,20H2,1H3,(H,21,22)(H,23,24). The zero-order chi connectivity index (χ0) is 18.9. The lowest BCUT2D eigenvalue weighted by molar-refractivity contribution is -0.136. The van der Waals surface area contributed by atoms with Gasteiger partial charge in [0, 0.05) is 11.3 Å². The number of hydrogen-bond acceptors (Lipinski definition) is 5. The van der Waals surface area contributed by atoms with Crippen LogP contribution in [-0.2, 0) is 9.53 Å². The predicted molar refractivity (Wildman–Crippen MR) is 102 cm³/mol. The third-order valence-corrected chi connectivity index (χ3v) is 3.41. The summed E-state index contributed by atoms with van der Waals surface area (Å²) in [5, 5.41) is 2.79. The van der Waals surface area contributed by atoms with Crippen LogP contribution in [0.2, 0.25) is 0 Å². The minimum absolute atomic E-state index is 0.267. The predicted octanol–water partition coefficient (Wildman–Crippen LogP) is 2.64. The second kappa shape index (κ2) is 9.14. The SMILES string of the molecule is C=C(C(=O)OCC)c1ccc(NC(=O)c2cccc(N=CNN)c2)cc1. The van der Waals surface area contributed by atoms with E-state index in [4.69, 9.17) is 10.6 Å². The number of anilines is 1. The summed E-state index contributed by atoms with van der Waals surface area (Å²) in [4.78, 5) is 28.1. The van der Waals surface area contributed by atoms with E-state index in [2.05, 4.69) is 22.3 Å². The smallest absolute Gasteiger partial charge is 0.338 e. The number of benzene rings is 2. The van der Waals surface area contributed by atoms with Gasteiger partial charge in [0.15, 0.2) is 0 Å². The molecule has 0 aliphatic heterocycles. The lowest BCUT2D eigenvalue weighted by Gasteiger charge is -2.08. The number of nitrogens with one attached hydrogen (secondary N) is 2. The first-order valence-electron chi connectivity index (χ1n) is 7.91. The van der Waals surface area contributed by atoms with E-state index in [1.54, 1.807) is 55.5 Å². The summed E-state index contributed by atoms with van der Waals surface area (Å²) in [6.45, 7) is 5.75. The number of esters is 1. The van der Waals surface area contributed by atoms with Crippen molar-refractivity contribution in [3.05, 3.63) is 66.2 Å². The Morgan fingerprint density at radius 2 is 1.92 bits per heavy atom. The Balaban J connectivity index is 2.07. The van der Waals surface area contributed by atoms with Crippen molar-refractivity contribution in [1.29, 1.82) is 0 Å². The molecule has 7 nitrogen and oxygen atoms in total. The Hall–Kier alpha value is -3.45. The lowest BCUT2D eigenvalue weighted by atomic mass is 10.1. The largest absolute Gasteiger partial charge is 0.462 e. The number of amides is 1. The molecule has 0 aromatic heterocycles. The Bertz CT molecular complexity index is 829. The lowest BCUT2D eigenvalue weighted by Crippen LogP contribution is -2.18. The Morgan fingerprint density at radius 1 is 1.19 bits per heavy atom. The van der Waals surface area contributed by atoms with Crippen LogP contribution in [0, 0.1) is 0 Å². The molecule has 26 heavy (non-hydrogen) atoms. The third-order valence-electron chi connectivity index (χ3n) is 3.41. The maximum atomic E-state index is 12.4. The molecular formula is C19H20N4O3. The van der Waals surface area contributed by atoms with Crippen molar-refractivity contribution >= 4 is 35.2 Å². The van der Waals surface area contributed by atoms with Gasteiger partial charge >= 0.3 is 5.97 Å². The fourth-order valence-corrected chi connectivity index (χ4v) is 2.13. The molecule has 0 saturated carbocycles. The molecular weight excluding hydrogens is 332 g/mol. The summed E-state index contributed by atoms with van der Waals surface area (Å²) in [6.07, 6.45) is 1.33. The molecule has 7 heteroatoms. The number of hydrogen-bond donors (Lipinski definition) is 3. The zero-order valence-electron chi connectivity index (χ0n) is 14.4.